The van der Waals surface area contributed by atoms with Gasteiger partial charge in [0.15, 0.2) is 0 Å². The van der Waals surface area contributed by atoms with Crippen LogP contribution in [0.25, 0.3) is 0 Å². The zero-order valence-corrected chi connectivity index (χ0v) is 16.6. The zero-order valence-electron chi connectivity index (χ0n) is 16.6. The first-order valence-electron chi connectivity index (χ1n) is 9.94. The Morgan fingerprint density at radius 1 is 1.12 bits per heavy atom. The van der Waals surface area contributed by atoms with E-state index in [1.807, 2.05) is 12.1 Å². The van der Waals surface area contributed by atoms with Crippen LogP contribution in [-0.2, 0) is 23.8 Å². The molecule has 1 amide bonds. The number of rotatable bonds is 4. The van der Waals surface area contributed by atoms with E-state index in [2.05, 4.69) is 25.9 Å². The van der Waals surface area contributed by atoms with E-state index in [9.17, 15) is 23.1 Å². The van der Waals surface area contributed by atoms with Crippen molar-refractivity contribution in [3.05, 3.63) is 70.9 Å². The Morgan fingerprint density at radius 2 is 1.94 bits per heavy atom. The third-order valence-corrected chi connectivity index (χ3v) is 5.58. The van der Waals surface area contributed by atoms with E-state index >= 15 is 0 Å². The van der Waals surface area contributed by atoms with Gasteiger partial charge in [-0.15, -0.1) is 0 Å². The fourth-order valence-electron chi connectivity index (χ4n) is 4.09. The number of aliphatic hydroxyl groups excluding tert-OH is 1. The summed E-state index contributed by atoms with van der Waals surface area (Å²) in [6.45, 7) is 0. The molecule has 7 nitrogen and oxygen atoms in total. The van der Waals surface area contributed by atoms with E-state index in [1.54, 1.807) is 30.3 Å². The SMILES string of the molecule is O=C1Cc2cc(Nc3ncc(C(F)(F)F)c(NC4c5ccccc5C[C@@H]4O)n3)ccc2N1. The molecule has 1 aromatic heterocycles. The Kier molecular flexibility index (Phi) is 4.74. The minimum Gasteiger partial charge on any atom is -0.390 e. The third kappa shape index (κ3) is 3.73. The predicted molar refractivity (Wildman–Crippen MR) is 112 cm³/mol. The van der Waals surface area contributed by atoms with E-state index in [0.717, 1.165) is 16.7 Å². The number of anilines is 4. The maximum absolute atomic E-state index is 13.6. The second-order valence-corrected chi connectivity index (χ2v) is 7.77. The van der Waals surface area contributed by atoms with Crippen LogP contribution in [0.1, 0.15) is 28.3 Å². The van der Waals surface area contributed by atoms with Crippen molar-refractivity contribution in [1.82, 2.24) is 9.97 Å². The molecule has 32 heavy (non-hydrogen) atoms. The molecule has 1 aliphatic heterocycles. The number of benzene rings is 2. The molecule has 0 radical (unpaired) electrons. The smallest absolute Gasteiger partial charge is 0.390 e. The highest BCUT2D eigenvalue weighted by molar-refractivity contribution is 5.99. The van der Waals surface area contributed by atoms with Gasteiger partial charge in [-0.25, -0.2) is 4.98 Å². The Labute approximate surface area is 180 Å². The number of carbonyl (C=O) groups excluding carboxylic acids is 1. The van der Waals surface area contributed by atoms with Crippen LogP contribution in [0.2, 0.25) is 0 Å². The van der Waals surface area contributed by atoms with Gasteiger partial charge in [-0.3, -0.25) is 4.79 Å². The number of nitrogens with one attached hydrogen (secondary N) is 3. The maximum atomic E-state index is 13.6. The van der Waals surface area contributed by atoms with Crippen molar-refractivity contribution in [2.75, 3.05) is 16.0 Å². The summed E-state index contributed by atoms with van der Waals surface area (Å²) in [4.78, 5) is 19.4. The van der Waals surface area contributed by atoms with Crippen molar-refractivity contribution in [1.29, 1.82) is 0 Å². The minimum atomic E-state index is -4.68. The van der Waals surface area contributed by atoms with Gasteiger partial charge in [0.25, 0.3) is 0 Å². The molecule has 1 aliphatic carbocycles. The van der Waals surface area contributed by atoms with Gasteiger partial charge in [-0.2, -0.15) is 18.2 Å². The van der Waals surface area contributed by atoms with Gasteiger partial charge in [-0.05, 0) is 34.9 Å². The van der Waals surface area contributed by atoms with Crippen molar-refractivity contribution in [3.8, 4) is 0 Å². The molecule has 2 aromatic carbocycles. The van der Waals surface area contributed by atoms with Crippen molar-refractivity contribution < 1.29 is 23.1 Å². The molecule has 2 heterocycles. The number of amides is 1. The molecule has 0 spiro atoms. The second kappa shape index (κ2) is 7.49. The number of hydrogen-bond donors (Lipinski definition) is 4. The number of nitrogens with zero attached hydrogens (tertiary/aromatic N) is 2. The lowest BCUT2D eigenvalue weighted by Crippen LogP contribution is -2.24. The summed E-state index contributed by atoms with van der Waals surface area (Å²) in [7, 11) is 0. The molecule has 3 aromatic rings. The van der Waals surface area contributed by atoms with Crippen molar-refractivity contribution in [3.63, 3.8) is 0 Å². The van der Waals surface area contributed by atoms with Gasteiger partial charge >= 0.3 is 6.18 Å². The van der Waals surface area contributed by atoms with Gasteiger partial charge in [0.1, 0.15) is 11.4 Å². The first kappa shape index (κ1) is 20.3. The minimum absolute atomic E-state index is 0.0431. The molecule has 10 heteroatoms. The summed E-state index contributed by atoms with van der Waals surface area (Å²) in [5.41, 5.74) is 2.60. The molecule has 4 N–H and O–H groups in total. The number of halogens is 3. The lowest BCUT2D eigenvalue weighted by molar-refractivity contribution is -0.137. The fraction of sp³-hybridized carbons (Fsp3) is 0.227. The molecular weight excluding hydrogens is 423 g/mol. The Morgan fingerprint density at radius 3 is 2.75 bits per heavy atom. The van der Waals surface area contributed by atoms with Crippen LogP contribution in [0.4, 0.5) is 36.3 Å². The number of fused-ring (bicyclic) bond motifs is 2. The van der Waals surface area contributed by atoms with Crippen molar-refractivity contribution in [2.45, 2.75) is 31.2 Å². The summed E-state index contributed by atoms with van der Waals surface area (Å²) in [6.07, 6.45) is -4.29. The van der Waals surface area contributed by atoms with Gasteiger partial charge in [0.2, 0.25) is 11.9 Å². The molecule has 2 aliphatic rings. The largest absolute Gasteiger partial charge is 0.421 e. The summed E-state index contributed by atoms with van der Waals surface area (Å²) >= 11 is 0. The predicted octanol–water partition coefficient (Wildman–Crippen LogP) is 3.80. The monoisotopic (exact) mass is 441 g/mol. The second-order valence-electron chi connectivity index (χ2n) is 7.77. The number of aromatic nitrogens is 2. The molecular formula is C22H18F3N5O2. The maximum Gasteiger partial charge on any atom is 0.421 e. The summed E-state index contributed by atoms with van der Waals surface area (Å²) in [5.74, 6) is -0.586. The van der Waals surface area contributed by atoms with E-state index in [0.29, 0.717) is 24.0 Å². The van der Waals surface area contributed by atoms with Gasteiger partial charge < -0.3 is 21.1 Å². The molecule has 0 saturated heterocycles. The Balaban J connectivity index is 1.46. The lowest BCUT2D eigenvalue weighted by atomic mass is 10.1. The number of hydrogen-bond acceptors (Lipinski definition) is 6. The highest BCUT2D eigenvalue weighted by atomic mass is 19.4. The van der Waals surface area contributed by atoms with Gasteiger partial charge in [0.05, 0.1) is 18.6 Å². The first-order valence-corrected chi connectivity index (χ1v) is 9.94. The fourth-order valence-corrected chi connectivity index (χ4v) is 4.09. The lowest BCUT2D eigenvalue weighted by Gasteiger charge is -2.21. The highest BCUT2D eigenvalue weighted by Crippen LogP contribution is 2.39. The Hall–Kier alpha value is -3.66. The van der Waals surface area contributed by atoms with Crippen LogP contribution in [-0.4, -0.2) is 27.1 Å². The molecule has 1 unspecified atom stereocenters. The standard InChI is InChI=1S/C22H18F3N5O2/c23-22(24,25)15-10-26-21(27-13-5-6-16-12(7-13)9-18(32)28-16)30-20(15)29-19-14-4-2-1-3-11(14)8-17(19)31/h1-7,10,17,19,31H,8-9H2,(H,28,32)(H2,26,27,29,30)/t17-,19?/m0/s1. The molecule has 0 bridgehead atoms. The molecule has 0 fully saturated rings. The number of alkyl halides is 3. The van der Waals surface area contributed by atoms with E-state index in [-0.39, 0.29) is 18.3 Å². The molecule has 5 rings (SSSR count). The average molecular weight is 441 g/mol. The summed E-state index contributed by atoms with van der Waals surface area (Å²) < 4.78 is 40.9. The molecule has 0 saturated carbocycles. The molecule has 164 valence electrons. The van der Waals surface area contributed by atoms with Crippen LogP contribution in [0.3, 0.4) is 0 Å². The van der Waals surface area contributed by atoms with Gasteiger partial charge in [-0.1, -0.05) is 24.3 Å². The number of aliphatic hydroxyl groups is 1. The first-order chi connectivity index (χ1) is 15.3. The van der Waals surface area contributed by atoms with E-state index in [1.165, 1.54) is 0 Å². The summed E-state index contributed by atoms with van der Waals surface area (Å²) in [5, 5.41) is 18.8. The van der Waals surface area contributed by atoms with Crippen LogP contribution in [0.5, 0.6) is 0 Å². The topological polar surface area (TPSA) is 99.2 Å². The van der Waals surface area contributed by atoms with Crippen LogP contribution < -0.4 is 16.0 Å². The third-order valence-electron chi connectivity index (χ3n) is 5.58. The molecule has 2 atom stereocenters. The quantitative estimate of drug-likeness (QED) is 0.492. The highest BCUT2D eigenvalue weighted by Gasteiger charge is 2.38. The van der Waals surface area contributed by atoms with Gasteiger partial charge in [0, 0.05) is 24.0 Å². The van der Waals surface area contributed by atoms with Crippen molar-refractivity contribution in [2.24, 2.45) is 0 Å². The number of carbonyl (C=O) groups is 1. The zero-order chi connectivity index (χ0) is 22.5. The Bertz CT molecular complexity index is 1210. The van der Waals surface area contributed by atoms with E-state index in [4.69, 9.17) is 0 Å². The van der Waals surface area contributed by atoms with Crippen LogP contribution >= 0.6 is 0 Å². The summed E-state index contributed by atoms with van der Waals surface area (Å²) in [6, 6.07) is 11.6. The van der Waals surface area contributed by atoms with E-state index < -0.39 is 29.7 Å². The van der Waals surface area contributed by atoms with Crippen LogP contribution in [0.15, 0.2) is 48.7 Å². The van der Waals surface area contributed by atoms with Crippen LogP contribution in [0, 0.1) is 0 Å². The van der Waals surface area contributed by atoms with Crippen molar-refractivity contribution >= 4 is 29.0 Å². The average Bonchev–Trinajstić information content (AvgIpc) is 3.25. The normalized spacial score (nSPS) is 19.3.